The first-order valence-electron chi connectivity index (χ1n) is 13.2. The van der Waals surface area contributed by atoms with E-state index in [-0.39, 0.29) is 54.0 Å². The van der Waals surface area contributed by atoms with Crippen LogP contribution in [0.4, 0.5) is 5.00 Å². The Balaban J connectivity index is 1.50. The molecule has 36 heavy (non-hydrogen) atoms. The third kappa shape index (κ3) is 4.29. The van der Waals surface area contributed by atoms with Crippen LogP contribution in [0, 0.1) is 28.1 Å². The zero-order valence-corrected chi connectivity index (χ0v) is 23.5. The van der Waals surface area contributed by atoms with Crippen molar-refractivity contribution in [3.63, 3.8) is 0 Å². The molecular weight excluding hydrogens is 476 g/mol. The van der Waals surface area contributed by atoms with E-state index in [4.69, 9.17) is 4.74 Å². The lowest BCUT2D eigenvalue weighted by atomic mass is 9.62. The Morgan fingerprint density at radius 2 is 1.86 bits per heavy atom. The number of thiophene rings is 1. The Morgan fingerprint density at radius 3 is 2.50 bits per heavy atom. The average molecular weight is 517 g/mol. The molecular formula is C28H40N2O5S. The number of hydrogen-bond donors (Lipinski definition) is 1. The van der Waals surface area contributed by atoms with E-state index in [0.717, 1.165) is 29.7 Å². The monoisotopic (exact) mass is 516 g/mol. The molecule has 1 saturated heterocycles. The molecule has 2 aliphatic carbocycles. The first kappa shape index (κ1) is 26.8. The molecule has 3 amide bonds. The maximum Gasteiger partial charge on any atom is 0.341 e. The van der Waals surface area contributed by atoms with Crippen molar-refractivity contribution < 1.29 is 23.9 Å². The fraction of sp³-hybridized carbons (Fsp3) is 0.714. The highest BCUT2D eigenvalue weighted by atomic mass is 32.1. The van der Waals surface area contributed by atoms with Gasteiger partial charge in [0.1, 0.15) is 5.00 Å². The summed E-state index contributed by atoms with van der Waals surface area (Å²) in [5.41, 5.74) is 0.649. The lowest BCUT2D eigenvalue weighted by Gasteiger charge is -2.47. The Hall–Kier alpha value is -2.22. The first-order valence-corrected chi connectivity index (χ1v) is 14.0. The second-order valence-corrected chi connectivity index (χ2v) is 13.6. The van der Waals surface area contributed by atoms with E-state index in [1.807, 2.05) is 20.8 Å². The molecule has 1 saturated carbocycles. The summed E-state index contributed by atoms with van der Waals surface area (Å²) in [4.78, 5) is 54.7. The number of anilines is 1. The van der Waals surface area contributed by atoms with E-state index < -0.39 is 11.4 Å². The van der Waals surface area contributed by atoms with Crippen molar-refractivity contribution in [2.75, 3.05) is 18.5 Å². The first-order chi connectivity index (χ1) is 16.7. The van der Waals surface area contributed by atoms with Crippen LogP contribution in [-0.2, 0) is 32.0 Å². The molecule has 3 aliphatic rings. The number of likely N-dealkylation sites (tertiary alicyclic amines) is 1. The van der Waals surface area contributed by atoms with Crippen LogP contribution in [0.3, 0.4) is 0 Å². The Bertz CT molecular complexity index is 1100. The quantitative estimate of drug-likeness (QED) is 0.414. The van der Waals surface area contributed by atoms with E-state index in [2.05, 4.69) is 26.1 Å². The molecule has 1 aromatic rings. The van der Waals surface area contributed by atoms with Crippen LogP contribution >= 0.6 is 11.3 Å². The summed E-state index contributed by atoms with van der Waals surface area (Å²) < 4.78 is 5.33. The van der Waals surface area contributed by atoms with Crippen molar-refractivity contribution in [2.45, 2.75) is 87.0 Å². The molecule has 1 aromatic heterocycles. The van der Waals surface area contributed by atoms with E-state index in [9.17, 15) is 19.2 Å². The summed E-state index contributed by atoms with van der Waals surface area (Å²) in [7, 11) is 0. The molecule has 8 heteroatoms. The van der Waals surface area contributed by atoms with Gasteiger partial charge in [-0.2, -0.15) is 0 Å². The van der Waals surface area contributed by atoms with Crippen molar-refractivity contribution in [3.8, 4) is 0 Å². The maximum atomic E-state index is 13.3. The lowest BCUT2D eigenvalue weighted by molar-refractivity contribution is -0.167. The van der Waals surface area contributed by atoms with E-state index in [0.29, 0.717) is 29.3 Å². The minimum atomic E-state index is -0.588. The van der Waals surface area contributed by atoms with Crippen molar-refractivity contribution in [1.82, 2.24) is 4.90 Å². The summed E-state index contributed by atoms with van der Waals surface area (Å²) in [5.74, 6) is -0.759. The molecule has 0 spiro atoms. The maximum absolute atomic E-state index is 13.3. The topological polar surface area (TPSA) is 92.8 Å². The highest BCUT2D eigenvalue weighted by Gasteiger charge is 2.64. The van der Waals surface area contributed by atoms with Crippen molar-refractivity contribution in [3.05, 3.63) is 16.0 Å². The van der Waals surface area contributed by atoms with Crippen LogP contribution in [0.15, 0.2) is 0 Å². The van der Waals surface area contributed by atoms with Crippen molar-refractivity contribution in [2.24, 2.45) is 28.1 Å². The number of nitrogens with one attached hydrogen (secondary N) is 1. The predicted octanol–water partition coefficient (Wildman–Crippen LogP) is 5.22. The Labute approximate surface area is 218 Å². The van der Waals surface area contributed by atoms with Crippen LogP contribution in [0.25, 0.3) is 0 Å². The van der Waals surface area contributed by atoms with Gasteiger partial charge in [-0.3, -0.25) is 19.3 Å². The molecule has 4 rings (SSSR count). The number of rotatable bonds is 6. The summed E-state index contributed by atoms with van der Waals surface area (Å²) >= 11 is 1.46. The van der Waals surface area contributed by atoms with Gasteiger partial charge in [-0.1, -0.05) is 41.5 Å². The number of esters is 1. The van der Waals surface area contributed by atoms with E-state index >= 15 is 0 Å². The van der Waals surface area contributed by atoms with Gasteiger partial charge >= 0.3 is 5.97 Å². The second kappa shape index (κ2) is 9.26. The third-order valence-electron chi connectivity index (χ3n) is 9.29. The summed E-state index contributed by atoms with van der Waals surface area (Å²) in [6, 6.07) is 0. The third-order valence-corrected chi connectivity index (χ3v) is 10.5. The molecule has 7 nitrogen and oxygen atoms in total. The molecule has 0 aromatic carbocycles. The average Bonchev–Trinajstić information content (AvgIpc) is 3.22. The zero-order valence-electron chi connectivity index (χ0n) is 22.7. The number of piperidine rings is 1. The van der Waals surface area contributed by atoms with E-state index in [1.54, 1.807) is 6.92 Å². The van der Waals surface area contributed by atoms with Gasteiger partial charge in [-0.15, -0.1) is 11.3 Å². The van der Waals surface area contributed by atoms with Gasteiger partial charge in [0.2, 0.25) is 17.7 Å². The minimum absolute atomic E-state index is 0.00381. The largest absolute Gasteiger partial charge is 0.462 e. The number of fused-ring (bicyclic) bond motifs is 3. The highest BCUT2D eigenvalue weighted by Crippen LogP contribution is 2.60. The molecule has 198 valence electrons. The normalized spacial score (nSPS) is 27.1. The Morgan fingerprint density at radius 1 is 1.17 bits per heavy atom. The van der Waals surface area contributed by atoms with Gasteiger partial charge in [0.25, 0.3) is 0 Å². The molecule has 2 bridgehead atoms. The molecule has 3 unspecified atom stereocenters. The standard InChI is InChI=1S/C28H40N2O5S/c1-8-35-24(33)21-17-10-9-16(26(2,3)4)15-19(17)36-22(21)29-20(31)12-14-30-23(32)18-11-13-28(7,25(30)34)27(18,5)6/h16,18H,8-15H2,1-7H3,(H,29,31). The molecule has 2 heterocycles. The molecule has 1 N–H and O–H groups in total. The van der Waals surface area contributed by atoms with Crippen molar-refractivity contribution in [1.29, 1.82) is 0 Å². The van der Waals surface area contributed by atoms with Crippen LogP contribution in [0.5, 0.6) is 0 Å². The smallest absolute Gasteiger partial charge is 0.341 e. The van der Waals surface area contributed by atoms with Gasteiger partial charge in [0, 0.05) is 23.8 Å². The summed E-state index contributed by atoms with van der Waals surface area (Å²) in [6.45, 7) is 14.8. The number of amides is 3. The molecule has 1 aliphatic heterocycles. The number of carbonyl (C=O) groups excluding carboxylic acids is 4. The lowest BCUT2D eigenvalue weighted by Crippen LogP contribution is -2.59. The van der Waals surface area contributed by atoms with Gasteiger partial charge in [0.05, 0.1) is 17.6 Å². The zero-order chi connectivity index (χ0) is 26.6. The Kier molecular flexibility index (Phi) is 6.90. The SMILES string of the molecule is CCOC(=O)c1c(NC(=O)CCN2C(=O)C3CCC(C)(C2=O)C3(C)C)sc2c1CCC(C(C)(C)C)C2. The minimum Gasteiger partial charge on any atom is -0.462 e. The predicted molar refractivity (Wildman–Crippen MR) is 140 cm³/mol. The number of hydrogen-bond acceptors (Lipinski definition) is 6. The number of carbonyl (C=O) groups is 4. The van der Waals surface area contributed by atoms with Crippen LogP contribution in [0.1, 0.15) is 94.9 Å². The highest BCUT2D eigenvalue weighted by molar-refractivity contribution is 7.17. The second-order valence-electron chi connectivity index (χ2n) is 12.5. The molecule has 3 atom stereocenters. The van der Waals surface area contributed by atoms with Gasteiger partial charge in [-0.25, -0.2) is 4.79 Å². The number of ether oxygens (including phenoxy) is 1. The van der Waals surface area contributed by atoms with Crippen LogP contribution < -0.4 is 5.32 Å². The van der Waals surface area contributed by atoms with Crippen LogP contribution in [-0.4, -0.2) is 41.7 Å². The molecule has 2 fully saturated rings. The fourth-order valence-corrected chi connectivity index (χ4v) is 7.68. The summed E-state index contributed by atoms with van der Waals surface area (Å²) in [5, 5.41) is 3.44. The number of nitrogens with zero attached hydrogens (tertiary/aromatic N) is 1. The fourth-order valence-electron chi connectivity index (χ4n) is 6.35. The van der Waals surface area contributed by atoms with Gasteiger partial charge in [-0.05, 0) is 61.3 Å². The van der Waals surface area contributed by atoms with Gasteiger partial charge < -0.3 is 10.1 Å². The number of imide groups is 1. The molecule has 0 radical (unpaired) electrons. The van der Waals surface area contributed by atoms with Crippen LogP contribution in [0.2, 0.25) is 0 Å². The summed E-state index contributed by atoms with van der Waals surface area (Å²) in [6.07, 6.45) is 4.04. The van der Waals surface area contributed by atoms with Crippen molar-refractivity contribution >= 4 is 40.0 Å². The van der Waals surface area contributed by atoms with Gasteiger partial charge in [0.15, 0.2) is 0 Å². The van der Waals surface area contributed by atoms with E-state index in [1.165, 1.54) is 16.2 Å².